The van der Waals surface area contributed by atoms with Gasteiger partial charge in [-0.25, -0.2) is 0 Å². The quantitative estimate of drug-likeness (QED) is 0.441. The van der Waals surface area contributed by atoms with Gasteiger partial charge < -0.3 is 23.3 Å². The molecule has 2 aromatic carbocycles. The van der Waals surface area contributed by atoms with Crippen LogP contribution in [-0.4, -0.2) is 59.3 Å². The highest BCUT2D eigenvalue weighted by Crippen LogP contribution is 2.33. The molecule has 0 spiro atoms. The van der Waals surface area contributed by atoms with Gasteiger partial charge in [-0.1, -0.05) is 29.3 Å². The molecule has 33 heavy (non-hydrogen) atoms. The Morgan fingerprint density at radius 2 is 1.91 bits per heavy atom. The second kappa shape index (κ2) is 11.4. The molecule has 1 fully saturated rings. The summed E-state index contributed by atoms with van der Waals surface area (Å²) >= 11 is 11.8. The first-order valence-corrected chi connectivity index (χ1v) is 12.3. The van der Waals surface area contributed by atoms with Crippen molar-refractivity contribution in [2.24, 2.45) is 0 Å². The normalized spacial score (nSPS) is 15.9. The molecule has 11 heteroatoms. The first kappa shape index (κ1) is 25.6. The number of carbonyl (C=O) groups is 1. The molecule has 1 amide bonds. The summed E-state index contributed by atoms with van der Waals surface area (Å²) in [7, 11) is -1.36. The zero-order valence-corrected chi connectivity index (χ0v) is 20.6. The van der Waals surface area contributed by atoms with Crippen LogP contribution in [-0.2, 0) is 30.9 Å². The second-order valence-corrected chi connectivity index (χ2v) is 9.80. The fourth-order valence-electron chi connectivity index (χ4n) is 3.41. The van der Waals surface area contributed by atoms with E-state index in [9.17, 15) is 13.2 Å². The van der Waals surface area contributed by atoms with Gasteiger partial charge in [-0.3, -0.25) is 4.79 Å². The van der Waals surface area contributed by atoms with Crippen molar-refractivity contribution in [1.29, 1.82) is 0 Å². The van der Waals surface area contributed by atoms with Crippen LogP contribution in [0.4, 0.5) is 0 Å². The highest BCUT2D eigenvalue weighted by Gasteiger charge is 2.24. The standard InChI is InChI=1S/C22H25Cl2NO7S/c1-29-14-22(26)25(13-16-4-3-9-31-16)12-15-5-8-20(30-2)21(10-15)32-33(27,28)17-6-7-18(23)19(24)11-17/h5-8,10-11,16H,3-4,9,12-14H2,1-2H3/t16-/m0/s1. The van der Waals surface area contributed by atoms with E-state index in [0.29, 0.717) is 18.7 Å². The summed E-state index contributed by atoms with van der Waals surface area (Å²) in [4.78, 5) is 14.1. The van der Waals surface area contributed by atoms with Gasteiger partial charge in [-0.2, -0.15) is 8.42 Å². The highest BCUT2D eigenvalue weighted by atomic mass is 35.5. The van der Waals surface area contributed by atoms with Crippen molar-refractivity contribution < 1.29 is 31.6 Å². The fourth-order valence-corrected chi connectivity index (χ4v) is 4.73. The number of benzene rings is 2. The van der Waals surface area contributed by atoms with Gasteiger partial charge in [0.05, 0.1) is 23.3 Å². The van der Waals surface area contributed by atoms with Gasteiger partial charge in [-0.15, -0.1) is 0 Å². The lowest BCUT2D eigenvalue weighted by molar-refractivity contribution is -0.137. The lowest BCUT2D eigenvalue weighted by atomic mass is 10.1. The van der Waals surface area contributed by atoms with Crippen molar-refractivity contribution in [3.05, 3.63) is 52.0 Å². The molecule has 0 saturated carbocycles. The number of rotatable bonds is 10. The molecule has 8 nitrogen and oxygen atoms in total. The number of amides is 1. The average molecular weight is 518 g/mol. The summed E-state index contributed by atoms with van der Waals surface area (Å²) in [5, 5.41) is 0.311. The van der Waals surface area contributed by atoms with Crippen LogP contribution in [0.15, 0.2) is 41.3 Å². The Morgan fingerprint density at radius 1 is 1.12 bits per heavy atom. The maximum absolute atomic E-state index is 12.8. The van der Waals surface area contributed by atoms with E-state index in [1.165, 1.54) is 38.5 Å². The van der Waals surface area contributed by atoms with Crippen molar-refractivity contribution in [2.75, 3.05) is 34.0 Å². The molecule has 1 aliphatic rings. The third-order valence-corrected chi connectivity index (χ3v) is 7.02. The van der Waals surface area contributed by atoms with E-state index in [2.05, 4.69) is 0 Å². The number of ether oxygens (including phenoxy) is 3. The summed E-state index contributed by atoms with van der Waals surface area (Å²) in [5.74, 6) is 0.00308. The lowest BCUT2D eigenvalue weighted by Gasteiger charge is -2.25. The summed E-state index contributed by atoms with van der Waals surface area (Å²) in [6.45, 7) is 1.23. The van der Waals surface area contributed by atoms with Crippen molar-refractivity contribution in [3.8, 4) is 11.5 Å². The number of halogens is 2. The van der Waals surface area contributed by atoms with Gasteiger partial charge >= 0.3 is 10.1 Å². The van der Waals surface area contributed by atoms with Gasteiger partial charge in [0, 0.05) is 26.8 Å². The van der Waals surface area contributed by atoms with Gasteiger partial charge in [0.1, 0.15) is 11.5 Å². The smallest absolute Gasteiger partial charge is 0.339 e. The van der Waals surface area contributed by atoms with Crippen molar-refractivity contribution in [3.63, 3.8) is 0 Å². The molecule has 0 aliphatic carbocycles. The molecule has 2 aromatic rings. The van der Waals surface area contributed by atoms with Crippen molar-refractivity contribution >= 4 is 39.2 Å². The largest absolute Gasteiger partial charge is 0.493 e. The third-order valence-electron chi connectivity index (χ3n) is 5.05. The number of carbonyl (C=O) groups excluding carboxylic acids is 1. The monoisotopic (exact) mass is 517 g/mol. The van der Waals surface area contributed by atoms with E-state index >= 15 is 0 Å². The zero-order chi connectivity index (χ0) is 24.0. The van der Waals surface area contributed by atoms with Gasteiger partial charge in [0.25, 0.3) is 0 Å². The minimum absolute atomic E-state index is 0.0164. The SMILES string of the molecule is COCC(=O)N(Cc1ccc(OC)c(OS(=O)(=O)c2ccc(Cl)c(Cl)c2)c1)C[C@@H]1CCCO1. The van der Waals surface area contributed by atoms with Crippen molar-refractivity contribution in [2.45, 2.75) is 30.4 Å². The molecule has 1 heterocycles. The highest BCUT2D eigenvalue weighted by molar-refractivity contribution is 7.87. The predicted octanol–water partition coefficient (Wildman–Crippen LogP) is 3.92. The van der Waals surface area contributed by atoms with Crippen LogP contribution < -0.4 is 8.92 Å². The van der Waals surface area contributed by atoms with Crippen LogP contribution in [0, 0.1) is 0 Å². The van der Waals surface area contributed by atoms with Crippen LogP contribution in [0.1, 0.15) is 18.4 Å². The van der Waals surface area contributed by atoms with Crippen LogP contribution in [0.5, 0.6) is 11.5 Å². The Balaban J connectivity index is 1.85. The van der Waals surface area contributed by atoms with E-state index in [4.69, 9.17) is 41.6 Å². The summed E-state index contributed by atoms with van der Waals surface area (Å²) in [6.07, 6.45) is 1.77. The Labute approximate surface area is 203 Å². The van der Waals surface area contributed by atoms with Gasteiger partial charge in [-0.05, 0) is 48.7 Å². The molecule has 180 valence electrons. The van der Waals surface area contributed by atoms with Crippen LogP contribution in [0.25, 0.3) is 0 Å². The lowest BCUT2D eigenvalue weighted by Crippen LogP contribution is -2.38. The first-order chi connectivity index (χ1) is 15.7. The first-order valence-electron chi connectivity index (χ1n) is 10.2. The van der Waals surface area contributed by atoms with Crippen molar-refractivity contribution in [1.82, 2.24) is 4.90 Å². The van der Waals surface area contributed by atoms with E-state index in [1.807, 2.05) is 0 Å². The maximum Gasteiger partial charge on any atom is 0.339 e. The predicted molar refractivity (Wildman–Crippen MR) is 124 cm³/mol. The van der Waals surface area contributed by atoms with E-state index < -0.39 is 10.1 Å². The Bertz CT molecular complexity index is 1090. The molecule has 1 saturated heterocycles. The molecule has 0 aromatic heterocycles. The average Bonchev–Trinajstić information content (AvgIpc) is 3.28. The molecular formula is C22H25Cl2NO7S. The summed E-state index contributed by atoms with van der Waals surface area (Å²) < 4.78 is 46.9. The number of hydrogen-bond donors (Lipinski definition) is 0. The van der Waals surface area contributed by atoms with Crippen LogP contribution in [0.2, 0.25) is 10.0 Å². The minimum Gasteiger partial charge on any atom is -0.493 e. The zero-order valence-electron chi connectivity index (χ0n) is 18.3. The minimum atomic E-state index is -4.22. The maximum atomic E-state index is 12.8. The van der Waals surface area contributed by atoms with Crippen LogP contribution >= 0.6 is 23.2 Å². The topological polar surface area (TPSA) is 91.4 Å². The Morgan fingerprint density at radius 3 is 2.55 bits per heavy atom. The van der Waals surface area contributed by atoms with E-state index in [0.717, 1.165) is 12.8 Å². The van der Waals surface area contributed by atoms with Gasteiger partial charge in [0.2, 0.25) is 5.91 Å². The van der Waals surface area contributed by atoms with E-state index in [1.54, 1.807) is 17.0 Å². The fraction of sp³-hybridized carbons (Fsp3) is 0.409. The number of methoxy groups -OCH3 is 2. The summed E-state index contributed by atoms with van der Waals surface area (Å²) in [5.41, 5.74) is 0.651. The van der Waals surface area contributed by atoms with Crippen LogP contribution in [0.3, 0.4) is 0 Å². The summed E-state index contributed by atoms with van der Waals surface area (Å²) in [6, 6.07) is 8.73. The molecule has 0 bridgehead atoms. The molecule has 0 radical (unpaired) electrons. The second-order valence-electron chi connectivity index (χ2n) is 7.44. The Kier molecular flexibility index (Phi) is 8.83. The molecule has 0 unspecified atom stereocenters. The molecular weight excluding hydrogens is 493 g/mol. The van der Waals surface area contributed by atoms with E-state index in [-0.39, 0.29) is 51.6 Å². The number of nitrogens with zero attached hydrogens (tertiary/aromatic N) is 1. The Hall–Kier alpha value is -2.04. The third kappa shape index (κ3) is 6.74. The molecule has 3 rings (SSSR count). The molecule has 0 N–H and O–H groups in total. The molecule has 1 aliphatic heterocycles. The van der Waals surface area contributed by atoms with Gasteiger partial charge in [0.15, 0.2) is 11.5 Å². The molecule has 1 atom stereocenters. The number of hydrogen-bond acceptors (Lipinski definition) is 7.